The van der Waals surface area contributed by atoms with E-state index in [1.165, 1.54) is 5.69 Å². The smallest absolute Gasteiger partial charge is 0.191 e. The molecule has 2 unspecified atom stereocenters. The van der Waals surface area contributed by atoms with Crippen LogP contribution in [-0.2, 0) is 0 Å². The zero-order chi connectivity index (χ0) is 19.1. The number of pyridine rings is 1. The van der Waals surface area contributed by atoms with E-state index in [1.54, 1.807) is 12.4 Å². The first-order valence-corrected chi connectivity index (χ1v) is 10.1. The van der Waals surface area contributed by atoms with Gasteiger partial charge in [0.1, 0.15) is 0 Å². The molecule has 1 fully saturated rings. The topological polar surface area (TPSA) is 72.8 Å². The summed E-state index contributed by atoms with van der Waals surface area (Å²) in [5.41, 5.74) is 2.06. The number of aliphatic hydroxyl groups is 1. The van der Waals surface area contributed by atoms with Gasteiger partial charge in [0.05, 0.1) is 12.6 Å². The maximum atomic E-state index is 10.3. The number of anilines is 1. The maximum Gasteiger partial charge on any atom is 0.191 e. The van der Waals surface area contributed by atoms with Crippen LogP contribution in [-0.4, -0.2) is 48.3 Å². The van der Waals surface area contributed by atoms with E-state index in [9.17, 15) is 5.11 Å². The molecule has 2 aromatic rings. The van der Waals surface area contributed by atoms with Gasteiger partial charge >= 0.3 is 0 Å². The minimum atomic E-state index is -0.633. The molecule has 1 aliphatic heterocycles. The van der Waals surface area contributed by atoms with Crippen LogP contribution in [0.15, 0.2) is 58.3 Å². The Kier molecular flexibility index (Phi) is 9.46. The Hall–Kier alpha value is -1.39. The lowest BCUT2D eigenvalue weighted by atomic mass is 10.1. The predicted molar refractivity (Wildman–Crippen MR) is 128 cm³/mol. The number of rotatable bonds is 6. The minimum absolute atomic E-state index is 0. The van der Waals surface area contributed by atoms with Gasteiger partial charge in [0.25, 0.3) is 0 Å². The van der Waals surface area contributed by atoms with Crippen LogP contribution in [0.2, 0.25) is 0 Å². The first kappa shape index (κ1) is 22.9. The molecular weight excluding hydrogens is 533 g/mol. The molecular formula is C20H27BrIN5O. The van der Waals surface area contributed by atoms with Crippen LogP contribution >= 0.6 is 39.9 Å². The summed E-state index contributed by atoms with van der Waals surface area (Å²) in [7, 11) is 0. The first-order chi connectivity index (χ1) is 13.2. The Bertz CT molecular complexity index is 744. The molecule has 1 aromatic heterocycles. The highest BCUT2D eigenvalue weighted by Gasteiger charge is 2.23. The molecule has 2 heterocycles. The maximum absolute atomic E-state index is 10.3. The summed E-state index contributed by atoms with van der Waals surface area (Å²) in [6, 6.07) is 12.4. The number of hydrogen-bond donors (Lipinski definition) is 3. The lowest BCUT2D eigenvalue weighted by Gasteiger charge is -2.20. The summed E-state index contributed by atoms with van der Waals surface area (Å²) in [6.45, 7) is 5.07. The number of nitrogens with one attached hydrogen (secondary N) is 2. The Balaban J connectivity index is 0.00000280. The van der Waals surface area contributed by atoms with Crippen molar-refractivity contribution >= 4 is 51.6 Å². The van der Waals surface area contributed by atoms with Crippen LogP contribution in [0.5, 0.6) is 0 Å². The summed E-state index contributed by atoms with van der Waals surface area (Å²) < 4.78 is 1.09. The van der Waals surface area contributed by atoms with Crippen molar-refractivity contribution in [1.82, 2.24) is 15.6 Å². The standard InChI is InChI=1S/C20H26BrN5O.HI/c1-2-23-20(24-13-19(27)15-7-10-22-11-8-15)25-17-9-12-26(14-17)18-5-3-16(21)4-6-18;/h3-8,10-11,17,19,27H,2,9,12-14H2,1H3,(H2,23,24,25);1H. The molecule has 2 atom stereocenters. The van der Waals surface area contributed by atoms with Crippen LogP contribution in [0.25, 0.3) is 0 Å². The Morgan fingerprint density at radius 1 is 1.29 bits per heavy atom. The highest BCUT2D eigenvalue weighted by atomic mass is 127. The number of benzene rings is 1. The third-order valence-corrected chi connectivity index (χ3v) is 5.11. The number of halogens is 2. The Labute approximate surface area is 192 Å². The largest absolute Gasteiger partial charge is 0.386 e. The van der Waals surface area contributed by atoms with E-state index in [2.05, 4.69) is 65.7 Å². The molecule has 3 rings (SSSR count). The van der Waals surface area contributed by atoms with Gasteiger partial charge in [0.2, 0.25) is 0 Å². The van der Waals surface area contributed by atoms with Gasteiger partial charge in [-0.15, -0.1) is 24.0 Å². The number of hydrogen-bond acceptors (Lipinski definition) is 4. The summed E-state index contributed by atoms with van der Waals surface area (Å²) in [5.74, 6) is 0.744. The minimum Gasteiger partial charge on any atom is -0.386 e. The van der Waals surface area contributed by atoms with Gasteiger partial charge in [-0.25, -0.2) is 0 Å². The van der Waals surface area contributed by atoms with Gasteiger partial charge in [0.15, 0.2) is 5.96 Å². The summed E-state index contributed by atoms with van der Waals surface area (Å²) in [6.07, 6.45) is 3.78. The fourth-order valence-corrected chi connectivity index (χ4v) is 3.41. The number of guanidine groups is 1. The van der Waals surface area contributed by atoms with Gasteiger partial charge < -0.3 is 20.6 Å². The van der Waals surface area contributed by atoms with Crippen molar-refractivity contribution in [2.45, 2.75) is 25.5 Å². The average Bonchev–Trinajstić information content (AvgIpc) is 3.16. The zero-order valence-electron chi connectivity index (χ0n) is 15.9. The average molecular weight is 560 g/mol. The van der Waals surface area contributed by atoms with Crippen molar-refractivity contribution in [3.05, 3.63) is 58.8 Å². The van der Waals surface area contributed by atoms with E-state index in [1.807, 2.05) is 19.1 Å². The van der Waals surface area contributed by atoms with E-state index < -0.39 is 6.10 Å². The third-order valence-electron chi connectivity index (χ3n) is 4.58. The van der Waals surface area contributed by atoms with Crippen molar-refractivity contribution < 1.29 is 5.11 Å². The van der Waals surface area contributed by atoms with Crippen molar-refractivity contribution in [2.24, 2.45) is 4.99 Å². The van der Waals surface area contributed by atoms with Crippen molar-refractivity contribution in [3.8, 4) is 0 Å². The van der Waals surface area contributed by atoms with Crippen molar-refractivity contribution in [2.75, 3.05) is 31.1 Å². The summed E-state index contributed by atoms with van der Waals surface area (Å²) in [4.78, 5) is 10.9. The second-order valence-electron chi connectivity index (χ2n) is 6.57. The fraction of sp³-hybridized carbons (Fsp3) is 0.400. The second kappa shape index (κ2) is 11.6. The van der Waals surface area contributed by atoms with Gasteiger partial charge in [-0.3, -0.25) is 9.98 Å². The van der Waals surface area contributed by atoms with Crippen LogP contribution < -0.4 is 15.5 Å². The molecule has 0 spiro atoms. The Morgan fingerprint density at radius 2 is 2.00 bits per heavy atom. The highest BCUT2D eigenvalue weighted by Crippen LogP contribution is 2.22. The van der Waals surface area contributed by atoms with Crippen molar-refractivity contribution in [3.63, 3.8) is 0 Å². The first-order valence-electron chi connectivity index (χ1n) is 9.29. The van der Waals surface area contributed by atoms with Crippen LogP contribution in [0.1, 0.15) is 25.0 Å². The second-order valence-corrected chi connectivity index (χ2v) is 7.48. The molecule has 1 aliphatic rings. The molecule has 1 saturated heterocycles. The molecule has 0 bridgehead atoms. The van der Waals surface area contributed by atoms with Crippen molar-refractivity contribution in [1.29, 1.82) is 0 Å². The normalized spacial score (nSPS) is 17.8. The number of aliphatic imine (C=N–C) groups is 1. The third kappa shape index (κ3) is 6.59. The van der Waals surface area contributed by atoms with Crippen LogP contribution in [0, 0.1) is 0 Å². The zero-order valence-corrected chi connectivity index (χ0v) is 19.8. The van der Waals surface area contributed by atoms with E-state index >= 15 is 0 Å². The van der Waals surface area contributed by atoms with Gasteiger partial charge in [-0.1, -0.05) is 15.9 Å². The monoisotopic (exact) mass is 559 g/mol. The molecule has 1 aromatic carbocycles. The van der Waals surface area contributed by atoms with E-state index in [0.717, 1.165) is 42.1 Å². The van der Waals surface area contributed by atoms with E-state index in [4.69, 9.17) is 0 Å². The van der Waals surface area contributed by atoms with Crippen LogP contribution in [0.4, 0.5) is 5.69 Å². The molecule has 3 N–H and O–H groups in total. The molecule has 28 heavy (non-hydrogen) atoms. The van der Waals surface area contributed by atoms with E-state index in [-0.39, 0.29) is 24.0 Å². The SMILES string of the molecule is CCNC(=NCC(O)c1ccncc1)NC1CCN(c2ccc(Br)cc2)C1.I. The lowest BCUT2D eigenvalue weighted by Crippen LogP contribution is -2.44. The molecule has 0 saturated carbocycles. The molecule has 8 heteroatoms. The Morgan fingerprint density at radius 3 is 2.68 bits per heavy atom. The number of aliphatic hydroxyl groups excluding tert-OH is 1. The van der Waals surface area contributed by atoms with E-state index in [0.29, 0.717) is 12.6 Å². The highest BCUT2D eigenvalue weighted by molar-refractivity contribution is 14.0. The molecule has 6 nitrogen and oxygen atoms in total. The predicted octanol–water partition coefficient (Wildman–Crippen LogP) is 3.33. The quantitative estimate of drug-likeness (QED) is 0.288. The number of aromatic nitrogens is 1. The van der Waals surface area contributed by atoms with Crippen LogP contribution in [0.3, 0.4) is 0 Å². The summed E-state index contributed by atoms with van der Waals surface area (Å²) in [5, 5.41) is 17.1. The molecule has 0 radical (unpaired) electrons. The molecule has 0 amide bonds. The van der Waals surface area contributed by atoms with Gasteiger partial charge in [0, 0.05) is 48.2 Å². The summed E-state index contributed by atoms with van der Waals surface area (Å²) >= 11 is 3.48. The van der Waals surface area contributed by atoms with Gasteiger partial charge in [-0.05, 0) is 55.3 Å². The van der Waals surface area contributed by atoms with Gasteiger partial charge in [-0.2, -0.15) is 0 Å². The number of nitrogens with zero attached hydrogens (tertiary/aromatic N) is 3. The fourth-order valence-electron chi connectivity index (χ4n) is 3.15. The lowest BCUT2D eigenvalue weighted by molar-refractivity contribution is 0.187. The molecule has 152 valence electrons. The molecule has 0 aliphatic carbocycles.